The van der Waals surface area contributed by atoms with Gasteiger partial charge in [0.1, 0.15) is 6.54 Å². The third-order valence-corrected chi connectivity index (χ3v) is 3.67. The zero-order valence-electron chi connectivity index (χ0n) is 10.7. The smallest absolute Gasteiger partial charge is 0.239 e. The van der Waals surface area contributed by atoms with E-state index in [1.165, 1.54) is 31.4 Å². The van der Waals surface area contributed by atoms with Crippen LogP contribution in [0.1, 0.15) is 31.4 Å². The van der Waals surface area contributed by atoms with E-state index in [0.29, 0.717) is 12.6 Å². The molecule has 3 rings (SSSR count). The van der Waals surface area contributed by atoms with E-state index in [2.05, 4.69) is 16.7 Å². The molecule has 1 amide bonds. The average molecular weight is 247 g/mol. The Bertz CT molecular complexity index is 418. The van der Waals surface area contributed by atoms with Gasteiger partial charge in [0, 0.05) is 31.0 Å². The van der Waals surface area contributed by atoms with E-state index >= 15 is 0 Å². The molecule has 4 heteroatoms. The lowest BCUT2D eigenvalue weighted by Gasteiger charge is -2.10. The van der Waals surface area contributed by atoms with Crippen LogP contribution in [0, 0.1) is 5.92 Å². The summed E-state index contributed by atoms with van der Waals surface area (Å²) in [4.78, 5) is 11.8. The number of nitrogens with zero attached hydrogens (tertiary/aromatic N) is 1. The van der Waals surface area contributed by atoms with Crippen LogP contribution in [-0.4, -0.2) is 23.1 Å². The van der Waals surface area contributed by atoms with Gasteiger partial charge >= 0.3 is 0 Å². The highest BCUT2D eigenvalue weighted by Crippen LogP contribution is 2.27. The average Bonchev–Trinajstić information content (AvgIpc) is 3.26. The van der Waals surface area contributed by atoms with Crippen LogP contribution in [0.25, 0.3) is 0 Å². The molecule has 2 aliphatic rings. The summed E-state index contributed by atoms with van der Waals surface area (Å²) in [5, 5.41) is 6.49. The Morgan fingerprint density at radius 3 is 2.89 bits per heavy atom. The Morgan fingerprint density at radius 2 is 2.17 bits per heavy atom. The van der Waals surface area contributed by atoms with Crippen LogP contribution in [0.5, 0.6) is 0 Å². The summed E-state index contributed by atoms with van der Waals surface area (Å²) in [6, 6.07) is 4.80. The number of rotatable bonds is 7. The number of amides is 1. The first-order valence-corrected chi connectivity index (χ1v) is 6.95. The Balaban J connectivity index is 1.47. The molecule has 2 fully saturated rings. The zero-order chi connectivity index (χ0) is 12.4. The number of carbonyl (C=O) groups is 1. The fraction of sp³-hybridized carbons (Fsp3) is 0.643. The van der Waals surface area contributed by atoms with Crippen molar-refractivity contribution in [3.63, 3.8) is 0 Å². The molecule has 0 aromatic carbocycles. The molecule has 0 saturated heterocycles. The minimum atomic E-state index is 0.130. The molecule has 2 aliphatic carbocycles. The van der Waals surface area contributed by atoms with Crippen molar-refractivity contribution in [3.8, 4) is 0 Å². The van der Waals surface area contributed by atoms with E-state index < -0.39 is 0 Å². The lowest BCUT2D eigenvalue weighted by atomic mass is 10.4. The summed E-state index contributed by atoms with van der Waals surface area (Å²) in [7, 11) is 0. The highest BCUT2D eigenvalue weighted by molar-refractivity contribution is 5.75. The standard InChI is InChI=1S/C14H21N3O/c18-14(16-8-11-3-4-11)10-17-7-1-2-13(17)9-15-12-5-6-12/h1-2,7,11-12,15H,3-6,8-10H2,(H,16,18). The second kappa shape index (κ2) is 5.14. The molecule has 18 heavy (non-hydrogen) atoms. The molecule has 4 nitrogen and oxygen atoms in total. The number of nitrogens with one attached hydrogen (secondary N) is 2. The van der Waals surface area contributed by atoms with E-state index in [4.69, 9.17) is 0 Å². The predicted octanol–water partition coefficient (Wildman–Crippen LogP) is 1.27. The first-order chi connectivity index (χ1) is 8.81. The monoisotopic (exact) mass is 247 g/mol. The Hall–Kier alpha value is -1.29. The first kappa shape index (κ1) is 11.8. The Labute approximate surface area is 108 Å². The van der Waals surface area contributed by atoms with Crippen molar-refractivity contribution in [2.24, 2.45) is 5.92 Å². The summed E-state index contributed by atoms with van der Waals surface area (Å²) < 4.78 is 2.04. The van der Waals surface area contributed by atoms with Crippen LogP contribution in [0.2, 0.25) is 0 Å². The van der Waals surface area contributed by atoms with Gasteiger partial charge in [-0.3, -0.25) is 4.79 Å². The molecule has 0 unspecified atom stereocenters. The van der Waals surface area contributed by atoms with Crippen LogP contribution in [0.4, 0.5) is 0 Å². The minimum absolute atomic E-state index is 0.130. The lowest BCUT2D eigenvalue weighted by Crippen LogP contribution is -2.30. The molecule has 0 aliphatic heterocycles. The van der Waals surface area contributed by atoms with Crippen molar-refractivity contribution >= 4 is 5.91 Å². The van der Waals surface area contributed by atoms with Gasteiger partial charge in [-0.15, -0.1) is 0 Å². The third kappa shape index (κ3) is 3.35. The molecule has 0 spiro atoms. The molecule has 1 heterocycles. The normalized spacial score (nSPS) is 18.9. The molecule has 98 valence electrons. The van der Waals surface area contributed by atoms with Gasteiger partial charge in [-0.25, -0.2) is 0 Å². The maximum atomic E-state index is 11.8. The maximum Gasteiger partial charge on any atom is 0.239 e. The molecule has 2 saturated carbocycles. The van der Waals surface area contributed by atoms with E-state index in [-0.39, 0.29) is 5.91 Å². The third-order valence-electron chi connectivity index (χ3n) is 3.67. The molecule has 1 aromatic rings. The number of hydrogen-bond acceptors (Lipinski definition) is 2. The zero-order valence-corrected chi connectivity index (χ0v) is 10.7. The van der Waals surface area contributed by atoms with Crippen molar-refractivity contribution in [1.29, 1.82) is 0 Å². The van der Waals surface area contributed by atoms with Gasteiger partial charge < -0.3 is 15.2 Å². The SMILES string of the molecule is O=C(Cn1cccc1CNC1CC1)NCC1CC1. The second-order valence-corrected chi connectivity index (χ2v) is 5.53. The van der Waals surface area contributed by atoms with Crippen LogP contribution < -0.4 is 10.6 Å². The van der Waals surface area contributed by atoms with Gasteiger partial charge in [0.25, 0.3) is 0 Å². The van der Waals surface area contributed by atoms with Gasteiger partial charge in [0.05, 0.1) is 0 Å². The van der Waals surface area contributed by atoms with Crippen molar-refractivity contribution in [2.45, 2.75) is 44.8 Å². The van der Waals surface area contributed by atoms with Crippen molar-refractivity contribution in [1.82, 2.24) is 15.2 Å². The van der Waals surface area contributed by atoms with Gasteiger partial charge in [-0.2, -0.15) is 0 Å². The summed E-state index contributed by atoms with van der Waals surface area (Å²) >= 11 is 0. The molecular weight excluding hydrogens is 226 g/mol. The first-order valence-electron chi connectivity index (χ1n) is 6.95. The predicted molar refractivity (Wildman–Crippen MR) is 70.0 cm³/mol. The molecule has 0 bridgehead atoms. The topological polar surface area (TPSA) is 46.1 Å². The number of aromatic nitrogens is 1. The van der Waals surface area contributed by atoms with E-state index in [9.17, 15) is 4.79 Å². The lowest BCUT2D eigenvalue weighted by molar-refractivity contribution is -0.121. The second-order valence-electron chi connectivity index (χ2n) is 5.53. The van der Waals surface area contributed by atoms with Crippen molar-refractivity contribution in [3.05, 3.63) is 24.0 Å². The fourth-order valence-electron chi connectivity index (χ4n) is 2.09. The van der Waals surface area contributed by atoms with E-state index in [1.54, 1.807) is 0 Å². The van der Waals surface area contributed by atoms with Crippen molar-refractivity contribution < 1.29 is 4.79 Å². The summed E-state index contributed by atoms with van der Waals surface area (Å²) in [6.07, 6.45) is 7.13. The summed E-state index contributed by atoms with van der Waals surface area (Å²) in [5.74, 6) is 0.875. The maximum absolute atomic E-state index is 11.8. The van der Waals surface area contributed by atoms with Crippen LogP contribution in [-0.2, 0) is 17.9 Å². The highest BCUT2D eigenvalue weighted by atomic mass is 16.1. The highest BCUT2D eigenvalue weighted by Gasteiger charge is 2.22. The van der Waals surface area contributed by atoms with Crippen LogP contribution >= 0.6 is 0 Å². The quantitative estimate of drug-likeness (QED) is 0.762. The number of hydrogen-bond donors (Lipinski definition) is 2. The summed E-state index contributed by atoms with van der Waals surface area (Å²) in [6.45, 7) is 2.17. The van der Waals surface area contributed by atoms with Crippen molar-refractivity contribution in [2.75, 3.05) is 6.54 Å². The minimum Gasteiger partial charge on any atom is -0.354 e. The molecular formula is C14H21N3O. The molecule has 2 N–H and O–H groups in total. The van der Waals surface area contributed by atoms with Gasteiger partial charge in [0.2, 0.25) is 5.91 Å². The van der Waals surface area contributed by atoms with Gasteiger partial charge in [0.15, 0.2) is 0 Å². The Morgan fingerprint density at radius 1 is 1.33 bits per heavy atom. The van der Waals surface area contributed by atoms with E-state index in [1.807, 2.05) is 16.8 Å². The van der Waals surface area contributed by atoms with Crippen LogP contribution in [0.3, 0.4) is 0 Å². The fourth-order valence-corrected chi connectivity index (χ4v) is 2.09. The Kier molecular flexibility index (Phi) is 3.37. The molecule has 1 aromatic heterocycles. The van der Waals surface area contributed by atoms with Gasteiger partial charge in [-0.05, 0) is 43.7 Å². The number of carbonyl (C=O) groups excluding carboxylic acids is 1. The van der Waals surface area contributed by atoms with Crippen LogP contribution in [0.15, 0.2) is 18.3 Å². The van der Waals surface area contributed by atoms with E-state index in [0.717, 1.165) is 19.0 Å². The largest absolute Gasteiger partial charge is 0.354 e. The molecule has 0 radical (unpaired) electrons. The molecule has 0 atom stereocenters. The summed E-state index contributed by atoms with van der Waals surface area (Å²) in [5.41, 5.74) is 1.20. The van der Waals surface area contributed by atoms with Gasteiger partial charge in [-0.1, -0.05) is 0 Å².